The fourth-order valence-corrected chi connectivity index (χ4v) is 2.92. The summed E-state index contributed by atoms with van der Waals surface area (Å²) < 4.78 is 5.45. The van der Waals surface area contributed by atoms with Gasteiger partial charge in [0.05, 0.1) is 7.11 Å². The number of methoxy groups -OCH3 is 1. The van der Waals surface area contributed by atoms with E-state index in [4.69, 9.17) is 4.74 Å². The maximum absolute atomic E-state index is 5.45. The van der Waals surface area contributed by atoms with Crippen molar-refractivity contribution < 1.29 is 4.74 Å². The Balaban J connectivity index is 2.71. The standard InChI is InChI=1S/C18H32N2O/c1-6-18(7-2,14-19-8-3)15-20(4)13-16-11-9-10-12-17(16)21-5/h9-12,19H,6-8,13-15H2,1-5H3. The molecule has 0 aliphatic carbocycles. The molecule has 1 N–H and O–H groups in total. The van der Waals surface area contributed by atoms with Gasteiger partial charge in [0, 0.05) is 25.2 Å². The highest BCUT2D eigenvalue weighted by molar-refractivity contribution is 5.33. The third kappa shape index (κ3) is 5.33. The van der Waals surface area contributed by atoms with Gasteiger partial charge < -0.3 is 15.0 Å². The van der Waals surface area contributed by atoms with Gasteiger partial charge in [0.15, 0.2) is 0 Å². The molecular formula is C18H32N2O. The van der Waals surface area contributed by atoms with Crippen molar-refractivity contribution >= 4 is 0 Å². The molecule has 1 aromatic rings. The van der Waals surface area contributed by atoms with Crippen LogP contribution in [0.4, 0.5) is 0 Å². The van der Waals surface area contributed by atoms with Crippen molar-refractivity contribution in [2.75, 3.05) is 33.8 Å². The lowest BCUT2D eigenvalue weighted by Gasteiger charge is -2.36. The van der Waals surface area contributed by atoms with Gasteiger partial charge in [0.2, 0.25) is 0 Å². The van der Waals surface area contributed by atoms with Gasteiger partial charge in [-0.1, -0.05) is 39.0 Å². The number of nitrogens with zero attached hydrogens (tertiary/aromatic N) is 1. The van der Waals surface area contributed by atoms with Gasteiger partial charge in [-0.25, -0.2) is 0 Å². The second-order valence-corrected chi connectivity index (χ2v) is 5.97. The molecule has 21 heavy (non-hydrogen) atoms. The molecule has 0 saturated carbocycles. The Kier molecular flexibility index (Phi) is 7.76. The van der Waals surface area contributed by atoms with Gasteiger partial charge in [-0.2, -0.15) is 0 Å². The van der Waals surface area contributed by atoms with Gasteiger partial charge in [-0.05, 0) is 37.9 Å². The van der Waals surface area contributed by atoms with E-state index in [9.17, 15) is 0 Å². The Bertz CT molecular complexity index is 402. The molecule has 0 aromatic heterocycles. The van der Waals surface area contributed by atoms with Crippen LogP contribution in [0.3, 0.4) is 0 Å². The molecule has 0 heterocycles. The molecule has 1 aromatic carbocycles. The Hall–Kier alpha value is -1.06. The number of rotatable bonds is 10. The Morgan fingerprint density at radius 3 is 2.38 bits per heavy atom. The van der Waals surface area contributed by atoms with Crippen LogP contribution < -0.4 is 10.1 Å². The first-order valence-corrected chi connectivity index (χ1v) is 8.12. The SMILES string of the molecule is CCNCC(CC)(CC)CN(C)Cc1ccccc1OC. The molecule has 0 saturated heterocycles. The number of ether oxygens (including phenoxy) is 1. The molecule has 120 valence electrons. The fraction of sp³-hybridized carbons (Fsp3) is 0.667. The van der Waals surface area contributed by atoms with E-state index in [-0.39, 0.29) is 0 Å². The molecule has 0 aliphatic rings. The second-order valence-electron chi connectivity index (χ2n) is 5.97. The van der Waals surface area contributed by atoms with Crippen LogP contribution in [-0.2, 0) is 6.54 Å². The van der Waals surface area contributed by atoms with E-state index in [0.29, 0.717) is 5.41 Å². The normalized spacial score (nSPS) is 11.9. The van der Waals surface area contributed by atoms with Crippen LogP contribution in [-0.4, -0.2) is 38.7 Å². The smallest absolute Gasteiger partial charge is 0.123 e. The van der Waals surface area contributed by atoms with Crippen molar-refractivity contribution in [2.45, 2.75) is 40.2 Å². The van der Waals surface area contributed by atoms with Crippen molar-refractivity contribution in [3.63, 3.8) is 0 Å². The highest BCUT2D eigenvalue weighted by Gasteiger charge is 2.27. The number of benzene rings is 1. The molecule has 3 nitrogen and oxygen atoms in total. The lowest BCUT2D eigenvalue weighted by molar-refractivity contribution is 0.150. The Labute approximate surface area is 130 Å². The minimum absolute atomic E-state index is 0.354. The lowest BCUT2D eigenvalue weighted by atomic mass is 9.81. The quantitative estimate of drug-likeness (QED) is 0.714. The third-order valence-corrected chi connectivity index (χ3v) is 4.49. The van der Waals surface area contributed by atoms with Gasteiger partial charge in [-0.3, -0.25) is 0 Å². The van der Waals surface area contributed by atoms with Gasteiger partial charge in [-0.15, -0.1) is 0 Å². The van der Waals surface area contributed by atoms with E-state index in [1.807, 2.05) is 12.1 Å². The first-order valence-electron chi connectivity index (χ1n) is 8.12. The average Bonchev–Trinajstić information content (AvgIpc) is 2.52. The van der Waals surface area contributed by atoms with Crippen LogP contribution >= 0.6 is 0 Å². The molecule has 0 spiro atoms. The Morgan fingerprint density at radius 2 is 1.81 bits per heavy atom. The first-order chi connectivity index (χ1) is 10.1. The third-order valence-electron chi connectivity index (χ3n) is 4.49. The van der Waals surface area contributed by atoms with Gasteiger partial charge >= 0.3 is 0 Å². The molecule has 0 amide bonds. The maximum Gasteiger partial charge on any atom is 0.123 e. The summed E-state index contributed by atoms with van der Waals surface area (Å²) in [5, 5.41) is 3.53. The van der Waals surface area contributed by atoms with Crippen LogP contribution in [0, 0.1) is 5.41 Å². The molecule has 0 aliphatic heterocycles. The summed E-state index contributed by atoms with van der Waals surface area (Å²) in [6.45, 7) is 10.9. The topological polar surface area (TPSA) is 24.5 Å². The van der Waals surface area contributed by atoms with E-state index in [1.165, 1.54) is 18.4 Å². The molecule has 0 bridgehead atoms. The van der Waals surface area contributed by atoms with E-state index >= 15 is 0 Å². The summed E-state index contributed by atoms with van der Waals surface area (Å²) in [4.78, 5) is 2.42. The molecule has 0 radical (unpaired) electrons. The van der Waals surface area contributed by atoms with Crippen LogP contribution in [0.15, 0.2) is 24.3 Å². The van der Waals surface area contributed by atoms with Crippen LogP contribution in [0.5, 0.6) is 5.75 Å². The predicted molar refractivity (Wildman–Crippen MR) is 90.9 cm³/mol. The molecule has 0 fully saturated rings. The number of nitrogens with one attached hydrogen (secondary N) is 1. The van der Waals surface area contributed by atoms with E-state index < -0.39 is 0 Å². The maximum atomic E-state index is 5.45. The molecule has 1 rings (SSSR count). The van der Waals surface area contributed by atoms with E-state index in [1.54, 1.807) is 7.11 Å². The number of para-hydroxylation sites is 1. The van der Waals surface area contributed by atoms with Crippen molar-refractivity contribution in [2.24, 2.45) is 5.41 Å². The summed E-state index contributed by atoms with van der Waals surface area (Å²) in [5.74, 6) is 0.981. The lowest BCUT2D eigenvalue weighted by Crippen LogP contribution is -2.42. The minimum atomic E-state index is 0.354. The van der Waals surface area contributed by atoms with Crippen molar-refractivity contribution in [1.29, 1.82) is 0 Å². The van der Waals surface area contributed by atoms with Gasteiger partial charge in [0.1, 0.15) is 5.75 Å². The van der Waals surface area contributed by atoms with Gasteiger partial charge in [0.25, 0.3) is 0 Å². The van der Waals surface area contributed by atoms with Crippen molar-refractivity contribution in [3.05, 3.63) is 29.8 Å². The zero-order chi connectivity index (χ0) is 15.7. The van der Waals surface area contributed by atoms with E-state index in [2.05, 4.69) is 50.2 Å². The number of hydrogen-bond donors (Lipinski definition) is 1. The summed E-state index contributed by atoms with van der Waals surface area (Å²) in [6, 6.07) is 8.29. The van der Waals surface area contributed by atoms with Crippen molar-refractivity contribution in [3.8, 4) is 5.75 Å². The highest BCUT2D eigenvalue weighted by atomic mass is 16.5. The molecular weight excluding hydrogens is 260 g/mol. The first kappa shape index (κ1) is 18.0. The van der Waals surface area contributed by atoms with Crippen LogP contribution in [0.25, 0.3) is 0 Å². The summed E-state index contributed by atoms with van der Waals surface area (Å²) in [6.07, 6.45) is 2.40. The minimum Gasteiger partial charge on any atom is -0.496 e. The monoisotopic (exact) mass is 292 g/mol. The zero-order valence-electron chi connectivity index (χ0n) is 14.4. The van der Waals surface area contributed by atoms with Crippen LogP contribution in [0.2, 0.25) is 0 Å². The summed E-state index contributed by atoms with van der Waals surface area (Å²) >= 11 is 0. The largest absolute Gasteiger partial charge is 0.496 e. The predicted octanol–water partition coefficient (Wildman–Crippen LogP) is 3.54. The van der Waals surface area contributed by atoms with Crippen LogP contribution in [0.1, 0.15) is 39.2 Å². The molecule has 3 heteroatoms. The zero-order valence-corrected chi connectivity index (χ0v) is 14.4. The summed E-state index contributed by atoms with van der Waals surface area (Å²) in [7, 11) is 3.95. The Morgan fingerprint density at radius 1 is 1.14 bits per heavy atom. The highest BCUT2D eigenvalue weighted by Crippen LogP contribution is 2.28. The summed E-state index contributed by atoms with van der Waals surface area (Å²) in [5.41, 5.74) is 1.61. The average molecular weight is 292 g/mol. The molecule has 0 unspecified atom stereocenters. The van der Waals surface area contributed by atoms with E-state index in [0.717, 1.165) is 31.9 Å². The second kappa shape index (κ2) is 9.06. The number of hydrogen-bond acceptors (Lipinski definition) is 3. The molecule has 0 atom stereocenters. The van der Waals surface area contributed by atoms with Crippen molar-refractivity contribution in [1.82, 2.24) is 10.2 Å². The fourth-order valence-electron chi connectivity index (χ4n) is 2.92.